The highest BCUT2D eigenvalue weighted by molar-refractivity contribution is 9.10. The largest absolute Gasteiger partial charge is 0.356 e. The molecule has 1 amide bonds. The molecule has 0 bridgehead atoms. The highest BCUT2D eigenvalue weighted by Crippen LogP contribution is 2.11. The van der Waals surface area contributed by atoms with Crippen molar-refractivity contribution >= 4 is 27.8 Å². The Hall–Kier alpha value is -2.35. The molecule has 0 atom stereocenters. The average molecular weight is 435 g/mol. The molecule has 0 radical (unpaired) electrons. The average Bonchev–Trinajstić information content (AvgIpc) is 2.97. The zero-order valence-corrected chi connectivity index (χ0v) is 17.6. The Kier molecular flexibility index (Phi) is 8.32. The molecule has 3 N–H and O–H groups in total. The first-order valence-electron chi connectivity index (χ1n) is 8.99. The Bertz CT molecular complexity index is 786. The van der Waals surface area contributed by atoms with Crippen molar-refractivity contribution in [1.29, 1.82) is 0 Å². The quantitative estimate of drug-likeness (QED) is 0.338. The summed E-state index contributed by atoms with van der Waals surface area (Å²) in [5, 5.41) is 13.8. The maximum Gasteiger partial charge on any atom is 0.251 e. The second-order valence-electron chi connectivity index (χ2n) is 6.20. The molecule has 1 aromatic heterocycles. The summed E-state index contributed by atoms with van der Waals surface area (Å²) in [6.07, 6.45) is 0.947. The third-order valence-electron chi connectivity index (χ3n) is 3.96. The van der Waals surface area contributed by atoms with Gasteiger partial charge in [0, 0.05) is 49.0 Å². The third kappa shape index (κ3) is 7.05. The smallest absolute Gasteiger partial charge is 0.251 e. The lowest BCUT2D eigenvalue weighted by Crippen LogP contribution is -2.42. The van der Waals surface area contributed by atoms with Crippen LogP contribution in [0.3, 0.4) is 0 Å². The molecule has 0 aliphatic heterocycles. The molecule has 0 fully saturated rings. The SMILES string of the molecule is CN=C(NCCCn1nc(C)cc1C)NCCNC(=O)c1cccc(Br)c1. The van der Waals surface area contributed by atoms with E-state index in [1.165, 1.54) is 5.69 Å². The van der Waals surface area contributed by atoms with Gasteiger partial charge in [-0.2, -0.15) is 5.10 Å². The van der Waals surface area contributed by atoms with E-state index in [0.29, 0.717) is 18.7 Å². The van der Waals surface area contributed by atoms with Crippen LogP contribution < -0.4 is 16.0 Å². The van der Waals surface area contributed by atoms with E-state index in [2.05, 4.69) is 55.0 Å². The summed E-state index contributed by atoms with van der Waals surface area (Å²) in [4.78, 5) is 16.3. The predicted octanol–water partition coefficient (Wildman–Crippen LogP) is 2.25. The number of benzene rings is 1. The molecule has 2 rings (SSSR count). The zero-order valence-electron chi connectivity index (χ0n) is 16.1. The van der Waals surface area contributed by atoms with Crippen molar-refractivity contribution in [3.63, 3.8) is 0 Å². The first kappa shape index (κ1) is 21.0. The standard InChI is InChI=1S/C19H27BrN6O/c1-14-12-15(2)26(25-14)11-5-8-23-19(21-3)24-10-9-22-18(27)16-6-4-7-17(20)13-16/h4,6-7,12-13H,5,8-11H2,1-3H3,(H,22,27)(H2,21,23,24). The number of hydrogen-bond donors (Lipinski definition) is 3. The Balaban J connectivity index is 1.62. The molecular weight excluding hydrogens is 408 g/mol. The molecule has 146 valence electrons. The van der Waals surface area contributed by atoms with E-state index in [1.807, 2.05) is 23.7 Å². The number of carbonyl (C=O) groups excluding carboxylic acids is 1. The van der Waals surface area contributed by atoms with E-state index in [4.69, 9.17) is 0 Å². The molecule has 0 spiro atoms. The minimum Gasteiger partial charge on any atom is -0.356 e. The van der Waals surface area contributed by atoms with Gasteiger partial charge in [-0.1, -0.05) is 22.0 Å². The number of nitrogens with one attached hydrogen (secondary N) is 3. The molecule has 1 aromatic carbocycles. The van der Waals surface area contributed by atoms with Crippen LogP contribution in [0.15, 0.2) is 39.8 Å². The number of amides is 1. The second-order valence-corrected chi connectivity index (χ2v) is 7.11. The Morgan fingerprint density at radius 1 is 1.15 bits per heavy atom. The van der Waals surface area contributed by atoms with E-state index in [9.17, 15) is 4.79 Å². The van der Waals surface area contributed by atoms with E-state index >= 15 is 0 Å². The summed E-state index contributed by atoms with van der Waals surface area (Å²) in [7, 11) is 1.73. The van der Waals surface area contributed by atoms with Crippen LogP contribution in [0, 0.1) is 13.8 Å². The van der Waals surface area contributed by atoms with Gasteiger partial charge in [0.05, 0.1) is 5.69 Å². The van der Waals surface area contributed by atoms with Gasteiger partial charge in [-0.05, 0) is 44.5 Å². The van der Waals surface area contributed by atoms with Crippen LogP contribution in [0.25, 0.3) is 0 Å². The van der Waals surface area contributed by atoms with E-state index < -0.39 is 0 Å². The first-order chi connectivity index (χ1) is 13.0. The molecular formula is C19H27BrN6O. The van der Waals surface area contributed by atoms with E-state index in [-0.39, 0.29) is 5.91 Å². The van der Waals surface area contributed by atoms with Gasteiger partial charge in [0.1, 0.15) is 0 Å². The van der Waals surface area contributed by atoms with Gasteiger partial charge < -0.3 is 16.0 Å². The van der Waals surface area contributed by atoms with Crippen LogP contribution in [0.5, 0.6) is 0 Å². The zero-order chi connectivity index (χ0) is 19.6. The van der Waals surface area contributed by atoms with Crippen molar-refractivity contribution in [1.82, 2.24) is 25.7 Å². The van der Waals surface area contributed by atoms with Gasteiger partial charge in [-0.3, -0.25) is 14.5 Å². The van der Waals surface area contributed by atoms with Crippen LogP contribution in [0.2, 0.25) is 0 Å². The monoisotopic (exact) mass is 434 g/mol. The van der Waals surface area contributed by atoms with Crippen LogP contribution in [0.1, 0.15) is 28.2 Å². The third-order valence-corrected chi connectivity index (χ3v) is 4.45. The Morgan fingerprint density at radius 3 is 2.56 bits per heavy atom. The lowest BCUT2D eigenvalue weighted by atomic mass is 10.2. The van der Waals surface area contributed by atoms with Crippen molar-refractivity contribution in [2.24, 2.45) is 4.99 Å². The van der Waals surface area contributed by atoms with Crippen molar-refractivity contribution in [2.75, 3.05) is 26.7 Å². The number of rotatable bonds is 8. The summed E-state index contributed by atoms with van der Waals surface area (Å²) in [6.45, 7) is 6.84. The number of nitrogens with zero attached hydrogens (tertiary/aromatic N) is 3. The molecule has 0 saturated heterocycles. The maximum atomic E-state index is 12.1. The fourth-order valence-corrected chi connectivity index (χ4v) is 3.05. The van der Waals surface area contributed by atoms with Crippen molar-refractivity contribution in [3.8, 4) is 0 Å². The molecule has 27 heavy (non-hydrogen) atoms. The summed E-state index contributed by atoms with van der Waals surface area (Å²) in [5.74, 6) is 0.631. The number of aromatic nitrogens is 2. The summed E-state index contributed by atoms with van der Waals surface area (Å²) in [5.41, 5.74) is 2.86. The number of halogens is 1. The van der Waals surface area contributed by atoms with Crippen LogP contribution in [-0.4, -0.2) is 48.3 Å². The number of guanidine groups is 1. The van der Waals surface area contributed by atoms with Crippen molar-refractivity contribution in [3.05, 3.63) is 51.8 Å². The van der Waals surface area contributed by atoms with Crippen LogP contribution in [0.4, 0.5) is 0 Å². The van der Waals surface area contributed by atoms with Crippen LogP contribution in [-0.2, 0) is 6.54 Å². The molecule has 2 aromatic rings. The fraction of sp³-hybridized carbons (Fsp3) is 0.421. The Labute approximate surface area is 168 Å². The lowest BCUT2D eigenvalue weighted by molar-refractivity contribution is 0.0954. The predicted molar refractivity (Wildman–Crippen MR) is 112 cm³/mol. The fourth-order valence-electron chi connectivity index (χ4n) is 2.65. The molecule has 0 unspecified atom stereocenters. The minimum absolute atomic E-state index is 0.0917. The molecule has 1 heterocycles. The number of aliphatic imine (C=N–C) groups is 1. The van der Waals surface area contributed by atoms with Gasteiger partial charge in [0.25, 0.3) is 5.91 Å². The maximum absolute atomic E-state index is 12.1. The minimum atomic E-state index is -0.0917. The van der Waals surface area contributed by atoms with Crippen molar-refractivity contribution in [2.45, 2.75) is 26.8 Å². The normalized spacial score (nSPS) is 11.3. The molecule has 0 aliphatic carbocycles. The highest BCUT2D eigenvalue weighted by atomic mass is 79.9. The summed E-state index contributed by atoms with van der Waals surface area (Å²) >= 11 is 3.37. The van der Waals surface area contributed by atoms with Gasteiger partial charge in [-0.15, -0.1) is 0 Å². The number of aryl methyl sites for hydroxylation is 3. The van der Waals surface area contributed by atoms with Gasteiger partial charge >= 0.3 is 0 Å². The number of hydrogen-bond acceptors (Lipinski definition) is 3. The van der Waals surface area contributed by atoms with E-state index in [1.54, 1.807) is 19.2 Å². The van der Waals surface area contributed by atoms with Crippen molar-refractivity contribution < 1.29 is 4.79 Å². The topological polar surface area (TPSA) is 83.3 Å². The molecule has 0 aliphatic rings. The molecule has 7 nitrogen and oxygen atoms in total. The summed E-state index contributed by atoms with van der Waals surface area (Å²) < 4.78 is 2.91. The molecule has 0 saturated carbocycles. The lowest BCUT2D eigenvalue weighted by Gasteiger charge is -2.12. The second kappa shape index (κ2) is 10.7. The van der Waals surface area contributed by atoms with Gasteiger partial charge in [0.2, 0.25) is 0 Å². The molecule has 8 heteroatoms. The summed E-state index contributed by atoms with van der Waals surface area (Å²) in [6, 6.07) is 9.40. The first-order valence-corrected chi connectivity index (χ1v) is 9.78. The highest BCUT2D eigenvalue weighted by Gasteiger charge is 2.05. The van der Waals surface area contributed by atoms with Gasteiger partial charge in [-0.25, -0.2) is 0 Å². The van der Waals surface area contributed by atoms with Crippen LogP contribution >= 0.6 is 15.9 Å². The van der Waals surface area contributed by atoms with Gasteiger partial charge in [0.15, 0.2) is 5.96 Å². The van der Waals surface area contributed by atoms with E-state index in [0.717, 1.165) is 35.6 Å². The Morgan fingerprint density at radius 2 is 1.89 bits per heavy atom. The number of carbonyl (C=O) groups is 1.